The highest BCUT2D eigenvalue weighted by Gasteiger charge is 2.27. The molecule has 5 nitrogen and oxygen atoms in total. The Morgan fingerprint density at radius 3 is 1.46 bits per heavy atom. The maximum Gasteiger partial charge on any atom is 0.194 e. The molecule has 3 rings (SSSR count). The summed E-state index contributed by atoms with van der Waals surface area (Å²) in [5, 5.41) is 0. The minimum absolute atomic E-state index is 0.428. The molecule has 24 heavy (non-hydrogen) atoms. The van der Waals surface area contributed by atoms with E-state index in [-0.39, 0.29) is 0 Å². The number of amidine groups is 2. The van der Waals surface area contributed by atoms with Crippen LogP contribution in [0.5, 0.6) is 0 Å². The van der Waals surface area contributed by atoms with Gasteiger partial charge in [0.2, 0.25) is 0 Å². The standard InChI is InChI=1S/C11H13N3.C8H4N2/c1-12-10-8-6-4-5-7-9(8)11(13-2)14(10)3;1-9-7-5-3-4-6-8(7)10-2/h4-7H,1-3H3;3-6H. The van der Waals surface area contributed by atoms with E-state index in [1.165, 1.54) is 0 Å². The molecule has 0 saturated heterocycles. The molecule has 0 amide bonds. The molecular formula is C19H17N5. The third kappa shape index (κ3) is 3.16. The van der Waals surface area contributed by atoms with Gasteiger partial charge in [-0.2, -0.15) is 0 Å². The predicted octanol–water partition coefficient (Wildman–Crippen LogP) is 4.17. The molecular weight excluding hydrogens is 298 g/mol. The molecule has 118 valence electrons. The van der Waals surface area contributed by atoms with Crippen LogP contribution in [-0.4, -0.2) is 37.7 Å². The largest absolute Gasteiger partial charge is 0.314 e. The van der Waals surface area contributed by atoms with Crippen molar-refractivity contribution in [3.63, 3.8) is 0 Å². The third-order valence-electron chi connectivity index (χ3n) is 3.59. The molecule has 0 aromatic heterocycles. The first-order valence-corrected chi connectivity index (χ1v) is 7.29. The molecule has 0 atom stereocenters. The van der Waals surface area contributed by atoms with Gasteiger partial charge in [0.25, 0.3) is 0 Å². The Morgan fingerprint density at radius 1 is 0.750 bits per heavy atom. The molecule has 2 aromatic rings. The van der Waals surface area contributed by atoms with Crippen LogP contribution in [0.2, 0.25) is 0 Å². The molecule has 0 unspecified atom stereocenters. The van der Waals surface area contributed by atoms with Crippen LogP contribution in [0, 0.1) is 13.1 Å². The van der Waals surface area contributed by atoms with Crippen molar-refractivity contribution < 1.29 is 0 Å². The van der Waals surface area contributed by atoms with Gasteiger partial charge in [0.15, 0.2) is 11.4 Å². The normalized spacial score (nSPS) is 15.3. The van der Waals surface area contributed by atoms with E-state index in [0.717, 1.165) is 22.8 Å². The van der Waals surface area contributed by atoms with Gasteiger partial charge < -0.3 is 4.90 Å². The van der Waals surface area contributed by atoms with E-state index in [9.17, 15) is 0 Å². The Balaban J connectivity index is 0.000000185. The summed E-state index contributed by atoms with van der Waals surface area (Å²) in [7, 11) is 5.60. The molecule has 0 spiro atoms. The maximum atomic E-state index is 6.67. The van der Waals surface area contributed by atoms with Gasteiger partial charge in [0.05, 0.1) is 13.1 Å². The Labute approximate surface area is 142 Å². The highest BCUT2D eigenvalue weighted by Crippen LogP contribution is 2.26. The quantitative estimate of drug-likeness (QED) is 0.672. The van der Waals surface area contributed by atoms with Gasteiger partial charge in [-0.3, -0.25) is 19.7 Å². The minimum atomic E-state index is 0.428. The first kappa shape index (κ1) is 16.9. The van der Waals surface area contributed by atoms with Gasteiger partial charge in [-0.05, 0) is 0 Å². The van der Waals surface area contributed by atoms with Crippen LogP contribution in [0.25, 0.3) is 9.69 Å². The van der Waals surface area contributed by atoms with Crippen LogP contribution >= 0.6 is 0 Å². The van der Waals surface area contributed by atoms with Gasteiger partial charge in [0.1, 0.15) is 11.7 Å². The zero-order valence-electron chi connectivity index (χ0n) is 13.9. The summed E-state index contributed by atoms with van der Waals surface area (Å²) in [6, 6.07) is 15.0. The van der Waals surface area contributed by atoms with Crippen molar-refractivity contribution in [3.8, 4) is 0 Å². The lowest BCUT2D eigenvalue weighted by atomic mass is 10.1. The first-order valence-electron chi connectivity index (χ1n) is 7.29. The summed E-state index contributed by atoms with van der Waals surface area (Å²) in [5.74, 6) is 1.97. The number of fused-ring (bicyclic) bond motifs is 1. The van der Waals surface area contributed by atoms with E-state index >= 15 is 0 Å². The fraction of sp³-hybridized carbons (Fsp3) is 0.158. The van der Waals surface area contributed by atoms with Gasteiger partial charge in [0, 0.05) is 32.3 Å². The van der Waals surface area contributed by atoms with Crippen LogP contribution in [-0.2, 0) is 0 Å². The molecule has 1 heterocycles. The Kier molecular flexibility index (Phi) is 5.44. The fourth-order valence-corrected chi connectivity index (χ4v) is 2.53. The molecule has 0 N–H and O–H groups in total. The topological polar surface area (TPSA) is 36.7 Å². The van der Waals surface area contributed by atoms with Crippen LogP contribution in [0.1, 0.15) is 11.1 Å². The molecule has 0 radical (unpaired) electrons. The van der Waals surface area contributed by atoms with Crippen molar-refractivity contribution >= 4 is 23.0 Å². The second kappa shape index (κ2) is 7.71. The molecule has 0 fully saturated rings. The molecule has 0 saturated carbocycles. The third-order valence-corrected chi connectivity index (χ3v) is 3.59. The van der Waals surface area contributed by atoms with Gasteiger partial charge in [-0.25, -0.2) is 0 Å². The minimum Gasteiger partial charge on any atom is -0.314 e. The Hall–Kier alpha value is -3.44. The van der Waals surface area contributed by atoms with Crippen molar-refractivity contribution in [2.75, 3.05) is 21.1 Å². The van der Waals surface area contributed by atoms with E-state index < -0.39 is 0 Å². The van der Waals surface area contributed by atoms with E-state index in [4.69, 9.17) is 13.1 Å². The van der Waals surface area contributed by atoms with Crippen LogP contribution in [0.15, 0.2) is 58.5 Å². The lowest BCUT2D eigenvalue weighted by molar-refractivity contribution is 0.766. The number of nitrogens with zero attached hydrogens (tertiary/aromatic N) is 5. The van der Waals surface area contributed by atoms with Gasteiger partial charge in [-0.1, -0.05) is 48.5 Å². The predicted molar refractivity (Wildman–Crippen MR) is 98.1 cm³/mol. The Morgan fingerprint density at radius 2 is 1.12 bits per heavy atom. The van der Waals surface area contributed by atoms with Gasteiger partial charge in [-0.15, -0.1) is 0 Å². The first-order chi connectivity index (χ1) is 11.7. The average molecular weight is 315 g/mol. The summed E-state index contributed by atoms with van der Waals surface area (Å²) in [5.41, 5.74) is 3.19. The molecule has 2 aromatic carbocycles. The van der Waals surface area contributed by atoms with Crippen LogP contribution in [0.4, 0.5) is 11.4 Å². The fourth-order valence-electron chi connectivity index (χ4n) is 2.53. The second-order valence-electron chi connectivity index (χ2n) is 4.91. The lowest BCUT2D eigenvalue weighted by Crippen LogP contribution is -2.26. The van der Waals surface area contributed by atoms with Crippen molar-refractivity contribution in [1.29, 1.82) is 0 Å². The molecule has 1 aliphatic rings. The van der Waals surface area contributed by atoms with E-state index in [1.807, 2.05) is 24.1 Å². The van der Waals surface area contributed by atoms with Crippen molar-refractivity contribution in [2.45, 2.75) is 0 Å². The summed E-state index contributed by atoms with van der Waals surface area (Å²) in [6.07, 6.45) is 0. The van der Waals surface area contributed by atoms with E-state index in [0.29, 0.717) is 11.4 Å². The van der Waals surface area contributed by atoms with Crippen LogP contribution in [0.3, 0.4) is 0 Å². The molecule has 0 aliphatic carbocycles. The number of para-hydroxylation sites is 2. The molecule has 5 heteroatoms. The zero-order chi connectivity index (χ0) is 17.5. The summed E-state index contributed by atoms with van der Waals surface area (Å²) >= 11 is 0. The number of rotatable bonds is 0. The van der Waals surface area contributed by atoms with Gasteiger partial charge >= 0.3 is 0 Å². The monoisotopic (exact) mass is 315 g/mol. The van der Waals surface area contributed by atoms with E-state index in [1.54, 1.807) is 38.4 Å². The highest BCUT2D eigenvalue weighted by atomic mass is 15.2. The lowest BCUT2D eigenvalue weighted by Gasteiger charge is -2.11. The summed E-state index contributed by atoms with van der Waals surface area (Å²) < 4.78 is 0. The van der Waals surface area contributed by atoms with E-state index in [2.05, 4.69) is 31.8 Å². The smallest absolute Gasteiger partial charge is 0.194 e. The summed E-state index contributed by atoms with van der Waals surface area (Å²) in [6.45, 7) is 13.3. The Bertz CT molecular complexity index is 809. The summed E-state index contributed by atoms with van der Waals surface area (Å²) in [4.78, 5) is 16.9. The maximum absolute atomic E-state index is 6.67. The number of benzene rings is 2. The van der Waals surface area contributed by atoms with Crippen LogP contribution < -0.4 is 0 Å². The zero-order valence-corrected chi connectivity index (χ0v) is 13.9. The number of hydrogen-bond donors (Lipinski definition) is 0. The molecule has 0 bridgehead atoms. The van der Waals surface area contributed by atoms with Crippen molar-refractivity contribution in [3.05, 3.63) is 82.5 Å². The average Bonchev–Trinajstić information content (AvgIpc) is 2.92. The molecule has 1 aliphatic heterocycles. The SMILES string of the molecule is CN=C1c2ccccc2C(=NC)N1C.[C-]#[N+]c1ccccc1[N+]#[C-]. The van der Waals surface area contributed by atoms with Crippen molar-refractivity contribution in [2.24, 2.45) is 9.98 Å². The number of hydrogen-bond acceptors (Lipinski definition) is 2. The number of aliphatic imine (C=N–C) groups is 2. The second-order valence-corrected chi connectivity index (χ2v) is 4.91. The highest BCUT2D eigenvalue weighted by molar-refractivity contribution is 6.24. The van der Waals surface area contributed by atoms with Crippen molar-refractivity contribution in [1.82, 2.24) is 4.90 Å².